The normalized spacial score (nSPS) is 16.0. The van der Waals surface area contributed by atoms with Gasteiger partial charge in [0.1, 0.15) is 11.6 Å². The fourth-order valence-electron chi connectivity index (χ4n) is 3.99. The first kappa shape index (κ1) is 21.5. The van der Waals surface area contributed by atoms with E-state index in [0.29, 0.717) is 28.2 Å². The van der Waals surface area contributed by atoms with Gasteiger partial charge < -0.3 is 9.84 Å². The van der Waals surface area contributed by atoms with Crippen molar-refractivity contribution in [1.82, 2.24) is 20.4 Å². The zero-order valence-electron chi connectivity index (χ0n) is 18.2. The van der Waals surface area contributed by atoms with Crippen LogP contribution >= 0.6 is 0 Å². The maximum atomic E-state index is 14.3. The van der Waals surface area contributed by atoms with E-state index in [-0.39, 0.29) is 24.3 Å². The van der Waals surface area contributed by atoms with E-state index in [9.17, 15) is 13.6 Å². The first-order valence-electron chi connectivity index (χ1n) is 10.7. The summed E-state index contributed by atoms with van der Waals surface area (Å²) >= 11 is 0. The number of hydrogen-bond donors (Lipinski definition) is 1. The molecule has 0 radical (unpaired) electrons. The van der Waals surface area contributed by atoms with Crippen molar-refractivity contribution in [3.8, 4) is 11.4 Å². The number of allylic oxidation sites excluding steroid dienone is 1. The standard InChI is InChI=1S/C26H20F2N4O2/c1-16-22(25-30-24(31-34-25)18-11-13-20(27)14-12-18)23(17-7-3-2-4-8-17)29-26(33)32(16)15-19-9-5-6-10-21(19)28/h2-14,23H,15H2,1H3,(H,29,33). The van der Waals surface area contributed by atoms with Crippen LogP contribution in [0.1, 0.15) is 30.0 Å². The van der Waals surface area contributed by atoms with Gasteiger partial charge in [0.25, 0.3) is 5.89 Å². The molecule has 1 aromatic heterocycles. The molecule has 2 heterocycles. The van der Waals surface area contributed by atoms with Gasteiger partial charge in [0.2, 0.25) is 5.82 Å². The maximum Gasteiger partial charge on any atom is 0.322 e. The molecule has 0 saturated heterocycles. The van der Waals surface area contributed by atoms with Gasteiger partial charge in [-0.05, 0) is 42.8 Å². The van der Waals surface area contributed by atoms with E-state index < -0.39 is 11.9 Å². The van der Waals surface area contributed by atoms with Crippen molar-refractivity contribution < 1.29 is 18.1 Å². The summed E-state index contributed by atoms with van der Waals surface area (Å²) < 4.78 is 33.3. The molecule has 170 valence electrons. The Hall–Kier alpha value is -4.33. The Morgan fingerprint density at radius 1 is 0.971 bits per heavy atom. The van der Waals surface area contributed by atoms with Crippen LogP contribution < -0.4 is 5.32 Å². The van der Waals surface area contributed by atoms with Gasteiger partial charge in [0.05, 0.1) is 18.2 Å². The first-order chi connectivity index (χ1) is 16.5. The fraction of sp³-hybridized carbons (Fsp3) is 0.115. The summed E-state index contributed by atoms with van der Waals surface area (Å²) in [6.07, 6.45) is 0. The van der Waals surface area contributed by atoms with Crippen molar-refractivity contribution in [2.24, 2.45) is 0 Å². The highest BCUT2D eigenvalue weighted by molar-refractivity contribution is 5.86. The molecule has 4 aromatic rings. The van der Waals surface area contributed by atoms with Crippen molar-refractivity contribution in [1.29, 1.82) is 0 Å². The van der Waals surface area contributed by atoms with Gasteiger partial charge in [0, 0.05) is 16.8 Å². The average Bonchev–Trinajstić information content (AvgIpc) is 3.33. The highest BCUT2D eigenvalue weighted by Crippen LogP contribution is 2.37. The molecule has 0 fully saturated rings. The summed E-state index contributed by atoms with van der Waals surface area (Å²) in [6, 6.07) is 20.6. The minimum atomic E-state index is -0.549. The summed E-state index contributed by atoms with van der Waals surface area (Å²) in [5.41, 5.74) is 2.97. The van der Waals surface area contributed by atoms with Crippen molar-refractivity contribution >= 4 is 11.6 Å². The van der Waals surface area contributed by atoms with E-state index in [1.807, 2.05) is 30.3 Å². The lowest BCUT2D eigenvalue weighted by molar-refractivity contribution is 0.202. The molecular formula is C26H20F2N4O2. The minimum Gasteiger partial charge on any atom is -0.334 e. The van der Waals surface area contributed by atoms with Gasteiger partial charge in [0.15, 0.2) is 0 Å². The van der Waals surface area contributed by atoms with Crippen LogP contribution in [0.25, 0.3) is 17.0 Å². The molecule has 1 unspecified atom stereocenters. The SMILES string of the molecule is CC1=C(c2nc(-c3ccc(F)cc3)no2)C(c2ccccc2)NC(=O)N1Cc1ccccc1F. The number of nitrogens with zero attached hydrogens (tertiary/aromatic N) is 3. The molecule has 3 aromatic carbocycles. The van der Waals surface area contributed by atoms with Gasteiger partial charge in [-0.3, -0.25) is 4.90 Å². The number of benzene rings is 3. The molecular weight excluding hydrogens is 438 g/mol. The lowest BCUT2D eigenvalue weighted by Crippen LogP contribution is -2.45. The fourth-order valence-corrected chi connectivity index (χ4v) is 3.99. The minimum absolute atomic E-state index is 0.0360. The second kappa shape index (κ2) is 8.90. The lowest BCUT2D eigenvalue weighted by atomic mass is 9.94. The predicted octanol–water partition coefficient (Wildman–Crippen LogP) is 5.71. The van der Waals surface area contributed by atoms with Crippen LogP contribution in [0.4, 0.5) is 13.6 Å². The number of carbonyl (C=O) groups is 1. The molecule has 0 aliphatic carbocycles. The predicted molar refractivity (Wildman–Crippen MR) is 122 cm³/mol. The molecule has 1 aliphatic rings. The summed E-state index contributed by atoms with van der Waals surface area (Å²) in [5.74, 6) is -0.260. The molecule has 0 spiro atoms. The summed E-state index contributed by atoms with van der Waals surface area (Å²) in [7, 11) is 0. The van der Waals surface area contributed by atoms with Crippen molar-refractivity contribution in [2.45, 2.75) is 19.5 Å². The third-order valence-electron chi connectivity index (χ3n) is 5.77. The van der Waals surface area contributed by atoms with E-state index in [2.05, 4.69) is 15.5 Å². The van der Waals surface area contributed by atoms with Gasteiger partial charge in [-0.25, -0.2) is 13.6 Å². The highest BCUT2D eigenvalue weighted by atomic mass is 19.1. The monoisotopic (exact) mass is 458 g/mol. The largest absolute Gasteiger partial charge is 0.334 e. The van der Waals surface area contributed by atoms with E-state index in [1.165, 1.54) is 23.1 Å². The van der Waals surface area contributed by atoms with Crippen LogP contribution in [0.2, 0.25) is 0 Å². The first-order valence-corrected chi connectivity index (χ1v) is 10.7. The second-order valence-electron chi connectivity index (χ2n) is 7.90. The molecule has 6 nitrogen and oxygen atoms in total. The van der Waals surface area contributed by atoms with Gasteiger partial charge in [-0.1, -0.05) is 53.7 Å². The summed E-state index contributed by atoms with van der Waals surface area (Å²) in [4.78, 5) is 19.1. The summed E-state index contributed by atoms with van der Waals surface area (Å²) in [6.45, 7) is 1.81. The van der Waals surface area contributed by atoms with Crippen molar-refractivity contribution in [2.75, 3.05) is 0 Å². The number of amides is 2. The van der Waals surface area contributed by atoms with Gasteiger partial charge >= 0.3 is 6.03 Å². The molecule has 1 atom stereocenters. The Kier molecular flexibility index (Phi) is 5.63. The van der Waals surface area contributed by atoms with Crippen LogP contribution in [-0.2, 0) is 6.54 Å². The zero-order chi connectivity index (χ0) is 23.7. The quantitative estimate of drug-likeness (QED) is 0.416. The molecule has 2 amide bonds. The van der Waals surface area contributed by atoms with Crippen LogP contribution in [-0.4, -0.2) is 21.1 Å². The average molecular weight is 458 g/mol. The number of carbonyl (C=O) groups excluding carboxylic acids is 1. The Bertz CT molecular complexity index is 1370. The number of hydrogen-bond acceptors (Lipinski definition) is 4. The van der Waals surface area contributed by atoms with E-state index in [4.69, 9.17) is 4.52 Å². The molecule has 0 saturated carbocycles. The van der Waals surface area contributed by atoms with E-state index in [1.54, 1.807) is 37.3 Å². The van der Waals surface area contributed by atoms with E-state index >= 15 is 0 Å². The third-order valence-corrected chi connectivity index (χ3v) is 5.77. The Morgan fingerprint density at radius 3 is 2.41 bits per heavy atom. The van der Waals surface area contributed by atoms with Crippen LogP contribution in [0, 0.1) is 11.6 Å². The number of urea groups is 1. The Balaban J connectivity index is 1.60. The van der Waals surface area contributed by atoms with Gasteiger partial charge in [-0.15, -0.1) is 0 Å². The highest BCUT2D eigenvalue weighted by Gasteiger charge is 2.36. The number of nitrogens with one attached hydrogen (secondary N) is 1. The molecule has 34 heavy (non-hydrogen) atoms. The Labute approximate surface area is 194 Å². The maximum absolute atomic E-state index is 14.3. The zero-order valence-corrected chi connectivity index (χ0v) is 18.2. The van der Waals surface area contributed by atoms with Crippen molar-refractivity contribution in [3.05, 3.63) is 113 Å². The molecule has 0 bridgehead atoms. The molecule has 1 aliphatic heterocycles. The summed E-state index contributed by atoms with van der Waals surface area (Å²) in [5, 5.41) is 7.05. The number of rotatable bonds is 5. The molecule has 5 rings (SSSR count). The van der Waals surface area contributed by atoms with E-state index in [0.717, 1.165) is 5.56 Å². The van der Waals surface area contributed by atoms with Crippen LogP contribution in [0.15, 0.2) is 89.1 Å². The van der Waals surface area contributed by atoms with Crippen LogP contribution in [0.3, 0.4) is 0 Å². The third kappa shape index (κ3) is 4.05. The van der Waals surface area contributed by atoms with Crippen LogP contribution in [0.5, 0.6) is 0 Å². The van der Waals surface area contributed by atoms with Crippen molar-refractivity contribution in [3.63, 3.8) is 0 Å². The number of halogens is 2. The molecule has 1 N–H and O–H groups in total. The molecule has 8 heteroatoms. The lowest BCUT2D eigenvalue weighted by Gasteiger charge is -2.35. The Morgan fingerprint density at radius 2 is 1.68 bits per heavy atom. The second-order valence-corrected chi connectivity index (χ2v) is 7.90. The number of aromatic nitrogens is 2. The topological polar surface area (TPSA) is 71.3 Å². The smallest absolute Gasteiger partial charge is 0.322 e. The van der Waals surface area contributed by atoms with Gasteiger partial charge in [-0.2, -0.15) is 4.98 Å².